The van der Waals surface area contributed by atoms with E-state index in [-0.39, 0.29) is 25.9 Å². The van der Waals surface area contributed by atoms with Gasteiger partial charge in [0.1, 0.15) is 28.9 Å². The maximum Gasteiger partial charge on any atom is 0.162 e. The lowest BCUT2D eigenvalue weighted by Gasteiger charge is -2.32. The molecule has 3 heterocycles. The van der Waals surface area contributed by atoms with Crippen LogP contribution in [0.4, 0.5) is 10.2 Å². The first-order chi connectivity index (χ1) is 17.5. The summed E-state index contributed by atoms with van der Waals surface area (Å²) in [7, 11) is 0. The molecule has 138 valence electrons. The lowest BCUT2D eigenvalue weighted by Crippen LogP contribution is -2.38. The van der Waals surface area contributed by atoms with Gasteiger partial charge in [-0.15, -0.1) is 11.3 Å². The highest BCUT2D eigenvalue weighted by atomic mass is 35.5. The van der Waals surface area contributed by atoms with Crippen LogP contribution in [0, 0.1) is 17.1 Å². The van der Waals surface area contributed by atoms with Crippen molar-refractivity contribution in [2.75, 3.05) is 18.4 Å². The zero-order valence-corrected chi connectivity index (χ0v) is 15.0. The summed E-state index contributed by atoms with van der Waals surface area (Å²) in [6.45, 7) is -3.57. The maximum atomic E-state index is 14.2. The van der Waals surface area contributed by atoms with Gasteiger partial charge in [-0.1, -0.05) is 17.6 Å². The number of piperidine rings is 1. The van der Waals surface area contributed by atoms with E-state index in [1.165, 1.54) is 6.07 Å². The number of nitrogens with one attached hydrogen (secondary N) is 1. The first kappa shape index (κ1) is 9.28. The van der Waals surface area contributed by atoms with E-state index in [4.69, 9.17) is 26.7 Å². The highest BCUT2D eigenvalue weighted by molar-refractivity contribution is 7.22. The number of nitrogens with zero attached hydrogens (tertiary/aromatic N) is 4. The summed E-state index contributed by atoms with van der Waals surface area (Å²) in [5.41, 5.74) is -1.47. The number of thiophene rings is 1. The van der Waals surface area contributed by atoms with Crippen LogP contribution in [0.5, 0.6) is 0 Å². The lowest BCUT2D eigenvalue weighted by atomic mass is 10.0. The topological polar surface area (TPSA) is 64.8 Å². The molecule has 0 saturated carbocycles. The smallest absolute Gasteiger partial charge is 0.162 e. The third-order valence-corrected chi connectivity index (χ3v) is 4.64. The van der Waals surface area contributed by atoms with Gasteiger partial charge in [0.15, 0.2) is 1.41 Å². The van der Waals surface area contributed by atoms with E-state index in [0.29, 0.717) is 0 Å². The number of hydrogen-bond acceptors (Lipinski definition) is 6. The van der Waals surface area contributed by atoms with Crippen molar-refractivity contribution in [2.45, 2.75) is 25.3 Å². The molecule has 0 aliphatic carbocycles. The predicted octanol–water partition coefficient (Wildman–Crippen LogP) is 4.43. The Kier molecular flexibility index (Phi) is 2.67. The maximum absolute atomic E-state index is 14.2. The molecule has 5 nitrogen and oxygen atoms in total. The molecule has 1 N–H and O–H groups in total. The van der Waals surface area contributed by atoms with Crippen molar-refractivity contribution in [1.29, 1.82) is 5.26 Å². The minimum Gasteiger partial charge on any atom is -0.367 e. The Morgan fingerprint density at radius 1 is 1.52 bits per heavy atom. The van der Waals surface area contributed by atoms with E-state index in [2.05, 4.69) is 9.97 Å². The third-order valence-electron chi connectivity index (χ3n) is 3.53. The van der Waals surface area contributed by atoms with Crippen LogP contribution < -0.4 is 5.31 Å². The number of nitriles is 1. The molecule has 1 atom stereocenters. The van der Waals surface area contributed by atoms with Gasteiger partial charge in [0, 0.05) is 32.5 Å². The number of benzene rings is 1. The Hall–Kier alpha value is -2.27. The minimum atomic E-state index is -2.99. The summed E-state index contributed by atoms with van der Waals surface area (Å²) in [5, 5.41) is 9.37. The molecule has 1 saturated heterocycles. The molecular weight excluding hydrogens is 385 g/mol. The molecule has 27 heavy (non-hydrogen) atoms. The molecule has 1 aliphatic rings. The minimum absolute atomic E-state index is 0.00858. The van der Waals surface area contributed by atoms with E-state index in [0.717, 1.165) is 22.6 Å². The van der Waals surface area contributed by atoms with E-state index in [1.54, 1.807) is 0 Å². The molecule has 0 radical (unpaired) electrons. The number of likely N-dealkylation sites (tertiary alicyclic amines) is 1. The second kappa shape index (κ2) is 7.77. The molecule has 1 aromatic carbocycles. The average molecular weight is 413 g/mol. The van der Waals surface area contributed by atoms with Gasteiger partial charge in [0.25, 0.3) is 0 Å². The Labute approximate surface area is 180 Å². The predicted molar refractivity (Wildman–Crippen MR) is 105 cm³/mol. The fourth-order valence-corrected chi connectivity index (χ4v) is 3.30. The first-order valence-electron chi connectivity index (χ1n) is 13.1. The lowest BCUT2D eigenvalue weighted by molar-refractivity contribution is 0.211. The first-order valence-corrected chi connectivity index (χ1v) is 8.75. The second-order valence-corrected chi connectivity index (χ2v) is 6.92. The molecule has 0 spiro atoms. The summed E-state index contributed by atoms with van der Waals surface area (Å²) in [5.74, 6) is -1.82. The van der Waals surface area contributed by atoms with Crippen molar-refractivity contribution < 1.29 is 19.5 Å². The zero-order chi connectivity index (χ0) is 28.5. The summed E-state index contributed by atoms with van der Waals surface area (Å²) in [6, 6.07) is -4.61. The van der Waals surface area contributed by atoms with E-state index >= 15 is 0 Å². The summed E-state index contributed by atoms with van der Waals surface area (Å²) < 4.78 is 107. The van der Waals surface area contributed by atoms with Gasteiger partial charge >= 0.3 is 0 Å². The van der Waals surface area contributed by atoms with Crippen molar-refractivity contribution in [2.24, 2.45) is 0 Å². The van der Waals surface area contributed by atoms with Crippen LogP contribution in [0.1, 0.15) is 37.6 Å². The van der Waals surface area contributed by atoms with Crippen molar-refractivity contribution in [3.63, 3.8) is 0 Å². The molecule has 2 aromatic heterocycles. The number of rotatable bonds is 4. The van der Waals surface area contributed by atoms with Gasteiger partial charge in [-0.2, -0.15) is 5.26 Å². The van der Waals surface area contributed by atoms with Crippen LogP contribution in [-0.4, -0.2) is 34.0 Å². The number of halogens is 2. The monoisotopic (exact) mass is 412 g/mol. The average Bonchev–Trinajstić information content (AvgIpc) is 3.13. The Balaban J connectivity index is 1.80. The van der Waals surface area contributed by atoms with Crippen LogP contribution in [0.15, 0.2) is 30.5 Å². The van der Waals surface area contributed by atoms with Crippen LogP contribution in [0.3, 0.4) is 0 Å². The fourth-order valence-electron chi connectivity index (χ4n) is 2.32. The summed E-state index contributed by atoms with van der Waals surface area (Å²) >= 11 is 6.91. The SMILES string of the molecule is [2H]c1c([2H])c(C([2H])N2CC([2H])([2H])C([2H])(N([2H])c3ncnc4sc(Cl)c([2H])c34)C([2H])([2H])C2)c([2H])c(C#N)c1F. The molecule has 0 bridgehead atoms. The number of fused-ring (bicyclic) bond motifs is 1. The molecule has 8 heteroatoms. The molecule has 0 amide bonds. The zero-order valence-electron chi connectivity index (χ0n) is 24.5. The van der Waals surface area contributed by atoms with Crippen molar-refractivity contribution in [3.05, 3.63) is 51.8 Å². The van der Waals surface area contributed by atoms with Crippen molar-refractivity contribution in [3.8, 4) is 6.07 Å². The highest BCUT2D eigenvalue weighted by Crippen LogP contribution is 2.32. The third kappa shape index (κ3) is 4.03. The van der Waals surface area contributed by atoms with Gasteiger partial charge in [-0.25, -0.2) is 14.4 Å². The quantitative estimate of drug-likeness (QED) is 0.686. The normalized spacial score (nSPS) is 27.7. The van der Waals surface area contributed by atoms with E-state index < -0.39 is 79.3 Å². The second-order valence-electron chi connectivity index (χ2n) is 5.32. The Bertz CT molecular complexity index is 1480. The highest BCUT2D eigenvalue weighted by Gasteiger charge is 2.21. The summed E-state index contributed by atoms with van der Waals surface area (Å²) in [4.78, 5) is 8.92. The van der Waals surface area contributed by atoms with E-state index in [9.17, 15) is 9.65 Å². The van der Waals surface area contributed by atoms with Crippen LogP contribution >= 0.6 is 22.9 Å². The number of aromatic nitrogens is 2. The fraction of sp³-hybridized carbons (Fsp3) is 0.316. The molecule has 1 aliphatic heterocycles. The number of hydrogen-bond donors (Lipinski definition) is 1. The van der Waals surface area contributed by atoms with Crippen LogP contribution in [-0.2, 0) is 6.52 Å². The van der Waals surface area contributed by atoms with Gasteiger partial charge in [-0.3, -0.25) is 4.90 Å². The van der Waals surface area contributed by atoms with Crippen LogP contribution in [0.2, 0.25) is 5.75 Å². The van der Waals surface area contributed by atoms with Crippen molar-refractivity contribution >= 4 is 39.0 Å². The van der Waals surface area contributed by atoms with Gasteiger partial charge < -0.3 is 5.31 Å². The standard InChI is InChI=1S/C19H17ClFN5S/c20-17-8-15-18(23-11-24-19(15)27-17)25-14-3-5-26(6-4-14)10-12-1-2-16(21)13(7-12)9-22/h1-2,7-8,11,14H,3-6,10H2,(H,23,24,25)/i1D,2D,3D2,4D2,7D,8D,10D,14D/hD. The molecule has 4 rings (SSSR count). The Morgan fingerprint density at radius 3 is 3.11 bits per heavy atom. The number of anilines is 1. The molecule has 1 unspecified atom stereocenters. The molecular formula is C19H17ClFN5S. The van der Waals surface area contributed by atoms with Crippen molar-refractivity contribution in [1.82, 2.24) is 14.9 Å². The van der Waals surface area contributed by atoms with Crippen LogP contribution in [0.25, 0.3) is 10.2 Å². The van der Waals surface area contributed by atoms with Gasteiger partial charge in [0.2, 0.25) is 0 Å². The summed E-state index contributed by atoms with van der Waals surface area (Å²) in [6.07, 6.45) is -4.82. The Morgan fingerprint density at radius 2 is 2.33 bits per heavy atom. The molecule has 3 aromatic rings. The largest absolute Gasteiger partial charge is 0.367 e. The van der Waals surface area contributed by atoms with Gasteiger partial charge in [-0.05, 0) is 36.4 Å². The molecule has 1 fully saturated rings. The van der Waals surface area contributed by atoms with E-state index in [1.807, 2.05) is 0 Å². The van der Waals surface area contributed by atoms with Gasteiger partial charge in [0.05, 0.1) is 22.1 Å².